The molecule has 0 aromatic carbocycles. The first-order chi connectivity index (χ1) is 15.8. The van der Waals surface area contributed by atoms with Crippen molar-refractivity contribution < 1.29 is 24.2 Å². The summed E-state index contributed by atoms with van der Waals surface area (Å²) in [5.41, 5.74) is 0. The molecule has 8 heteroatoms. The topological polar surface area (TPSA) is 87.2 Å². The Balaban J connectivity index is 2.04. The SMILES string of the molecule is C=CCN(CCCCC)C(=O)C1N([C@@H](CO)C(C)C)C(=O)[C@@H]2[C@@H](C(=O)OCC)[C@H]3CCC12S3. The molecule has 2 bridgehead atoms. The Labute approximate surface area is 202 Å². The zero-order chi connectivity index (χ0) is 24.3. The van der Waals surface area contributed by atoms with Crippen LogP contribution in [0.15, 0.2) is 12.7 Å². The van der Waals surface area contributed by atoms with E-state index in [1.807, 2.05) is 18.7 Å². The molecule has 3 rings (SSSR count). The van der Waals surface area contributed by atoms with Crippen LogP contribution in [0.25, 0.3) is 0 Å². The van der Waals surface area contributed by atoms with Gasteiger partial charge in [-0.25, -0.2) is 0 Å². The zero-order valence-corrected chi connectivity index (χ0v) is 21.3. The van der Waals surface area contributed by atoms with Crippen LogP contribution in [0.2, 0.25) is 0 Å². The fourth-order valence-electron chi connectivity index (χ4n) is 6.03. The number of esters is 1. The molecular formula is C25H40N2O5S. The first-order valence-corrected chi connectivity index (χ1v) is 13.3. The van der Waals surface area contributed by atoms with Crippen LogP contribution in [-0.4, -0.2) is 81.1 Å². The van der Waals surface area contributed by atoms with Gasteiger partial charge >= 0.3 is 5.97 Å². The molecule has 0 aromatic heterocycles. The maximum atomic E-state index is 14.1. The zero-order valence-electron chi connectivity index (χ0n) is 20.5. The lowest BCUT2D eigenvalue weighted by Gasteiger charge is -2.40. The van der Waals surface area contributed by atoms with Crippen LogP contribution in [0.4, 0.5) is 0 Å². The van der Waals surface area contributed by atoms with Crippen LogP contribution >= 0.6 is 11.8 Å². The van der Waals surface area contributed by atoms with Gasteiger partial charge in [0.15, 0.2) is 0 Å². The Bertz CT molecular complexity index is 759. The standard InChI is InChI=1S/C25H40N2O5S/c1-6-9-10-14-26(13-7-2)23(30)21-25-12-11-18(33-25)19(24(31)32-8-3)20(25)22(29)27(21)17(15-28)16(4)5/h7,16-21,28H,2,6,8-15H2,1,3-5H3/t17-,18+,19-,20-,21?,25?/m0/s1. The Hall–Kier alpha value is -1.54. The average Bonchev–Trinajstić information content (AvgIpc) is 3.41. The minimum atomic E-state index is -0.689. The molecule has 0 aliphatic carbocycles. The predicted octanol–water partition coefficient (Wildman–Crippen LogP) is 2.86. The number of carbonyl (C=O) groups excluding carboxylic acids is 3. The number of fused-ring (bicyclic) bond motifs is 1. The molecule has 0 aromatic rings. The third kappa shape index (κ3) is 4.45. The van der Waals surface area contributed by atoms with E-state index in [4.69, 9.17) is 4.74 Å². The van der Waals surface area contributed by atoms with E-state index in [0.29, 0.717) is 19.5 Å². The lowest BCUT2D eigenvalue weighted by molar-refractivity contribution is -0.154. The van der Waals surface area contributed by atoms with Crippen molar-refractivity contribution >= 4 is 29.5 Å². The number of aliphatic hydroxyl groups is 1. The van der Waals surface area contributed by atoms with Crippen LogP contribution in [0, 0.1) is 17.8 Å². The van der Waals surface area contributed by atoms with Crippen molar-refractivity contribution in [3.05, 3.63) is 12.7 Å². The number of likely N-dealkylation sites (tertiary alicyclic amines) is 1. The van der Waals surface area contributed by atoms with Gasteiger partial charge in [0, 0.05) is 18.3 Å². The molecular weight excluding hydrogens is 440 g/mol. The predicted molar refractivity (Wildman–Crippen MR) is 130 cm³/mol. The molecule has 1 N–H and O–H groups in total. The van der Waals surface area contributed by atoms with E-state index in [0.717, 1.165) is 25.7 Å². The van der Waals surface area contributed by atoms with Crippen molar-refractivity contribution in [3.63, 3.8) is 0 Å². The third-order valence-corrected chi connectivity index (χ3v) is 9.49. The minimum Gasteiger partial charge on any atom is -0.466 e. The summed E-state index contributed by atoms with van der Waals surface area (Å²) in [4.78, 5) is 44.5. The minimum absolute atomic E-state index is 0.00461. The molecule has 3 fully saturated rings. The summed E-state index contributed by atoms with van der Waals surface area (Å²) >= 11 is 1.64. The molecule has 7 nitrogen and oxygen atoms in total. The second-order valence-corrected chi connectivity index (χ2v) is 11.4. The number of aliphatic hydroxyl groups excluding tert-OH is 1. The van der Waals surface area contributed by atoms with Gasteiger partial charge in [-0.1, -0.05) is 39.7 Å². The molecule has 6 atom stereocenters. The van der Waals surface area contributed by atoms with Crippen molar-refractivity contribution in [2.45, 2.75) is 81.9 Å². The summed E-state index contributed by atoms with van der Waals surface area (Å²) < 4.78 is 4.72. The van der Waals surface area contributed by atoms with Crippen molar-refractivity contribution in [2.75, 3.05) is 26.3 Å². The van der Waals surface area contributed by atoms with Gasteiger partial charge in [0.05, 0.1) is 35.8 Å². The van der Waals surface area contributed by atoms with Gasteiger partial charge < -0.3 is 19.6 Å². The molecule has 3 aliphatic rings. The van der Waals surface area contributed by atoms with Gasteiger partial charge in [0.2, 0.25) is 11.8 Å². The van der Waals surface area contributed by atoms with Crippen molar-refractivity contribution in [3.8, 4) is 0 Å². The molecule has 2 amide bonds. The maximum absolute atomic E-state index is 14.1. The Kier molecular flexibility index (Phi) is 8.54. The normalized spacial score (nSPS) is 31.1. The Morgan fingerprint density at radius 3 is 2.67 bits per heavy atom. The van der Waals surface area contributed by atoms with Crippen LogP contribution in [0.3, 0.4) is 0 Å². The second-order valence-electron chi connectivity index (χ2n) is 9.83. The van der Waals surface area contributed by atoms with E-state index in [1.165, 1.54) is 0 Å². The number of rotatable bonds is 12. The molecule has 1 spiro atoms. The molecule has 0 radical (unpaired) electrons. The van der Waals surface area contributed by atoms with Gasteiger partial charge in [-0.15, -0.1) is 18.3 Å². The van der Waals surface area contributed by atoms with Gasteiger partial charge in [-0.05, 0) is 32.1 Å². The fourth-order valence-corrected chi connectivity index (χ4v) is 8.21. The lowest BCUT2D eigenvalue weighted by Crippen LogP contribution is -2.58. The first-order valence-electron chi connectivity index (χ1n) is 12.5. The molecule has 0 saturated carbocycles. The van der Waals surface area contributed by atoms with Gasteiger partial charge in [-0.3, -0.25) is 14.4 Å². The number of hydrogen-bond acceptors (Lipinski definition) is 6. The van der Waals surface area contributed by atoms with Crippen molar-refractivity contribution in [1.29, 1.82) is 0 Å². The van der Waals surface area contributed by atoms with Crippen molar-refractivity contribution in [2.24, 2.45) is 17.8 Å². The molecule has 3 aliphatic heterocycles. The number of thioether (sulfide) groups is 1. The molecule has 2 unspecified atom stereocenters. The summed E-state index contributed by atoms with van der Waals surface area (Å²) in [6.45, 7) is 12.7. The van der Waals surface area contributed by atoms with Crippen LogP contribution < -0.4 is 0 Å². The Morgan fingerprint density at radius 2 is 2.09 bits per heavy atom. The van der Waals surface area contributed by atoms with E-state index in [1.54, 1.807) is 29.7 Å². The summed E-state index contributed by atoms with van der Waals surface area (Å²) in [7, 11) is 0. The van der Waals surface area contributed by atoms with Gasteiger partial charge in [0.1, 0.15) is 6.04 Å². The summed E-state index contributed by atoms with van der Waals surface area (Å²) in [6.07, 6.45) is 6.20. The van der Waals surface area contributed by atoms with Crippen LogP contribution in [-0.2, 0) is 19.1 Å². The fraction of sp³-hybridized carbons (Fsp3) is 0.800. The largest absolute Gasteiger partial charge is 0.466 e. The maximum Gasteiger partial charge on any atom is 0.310 e. The highest BCUT2D eigenvalue weighted by atomic mass is 32.2. The summed E-state index contributed by atoms with van der Waals surface area (Å²) in [5, 5.41) is 10.2. The summed E-state index contributed by atoms with van der Waals surface area (Å²) in [5.74, 6) is -1.74. The highest BCUT2D eigenvalue weighted by molar-refractivity contribution is 8.02. The second kappa shape index (κ2) is 10.8. The Morgan fingerprint density at radius 1 is 1.36 bits per heavy atom. The number of carbonyl (C=O) groups is 3. The highest BCUT2D eigenvalue weighted by Gasteiger charge is 2.74. The molecule has 186 valence electrons. The van der Waals surface area contributed by atoms with E-state index >= 15 is 0 Å². The number of amides is 2. The van der Waals surface area contributed by atoms with Crippen LogP contribution in [0.5, 0.6) is 0 Å². The smallest absolute Gasteiger partial charge is 0.310 e. The van der Waals surface area contributed by atoms with Gasteiger partial charge in [0.25, 0.3) is 0 Å². The summed E-state index contributed by atoms with van der Waals surface area (Å²) in [6, 6.07) is -1.17. The van der Waals surface area contributed by atoms with E-state index in [9.17, 15) is 19.5 Å². The monoisotopic (exact) mass is 480 g/mol. The highest BCUT2D eigenvalue weighted by Crippen LogP contribution is 2.67. The quantitative estimate of drug-likeness (QED) is 0.263. The van der Waals surface area contributed by atoms with E-state index < -0.39 is 28.7 Å². The number of unbranched alkanes of at least 4 members (excludes halogenated alkanes) is 2. The van der Waals surface area contributed by atoms with E-state index in [2.05, 4.69) is 13.5 Å². The lowest BCUT2D eigenvalue weighted by atomic mass is 9.71. The third-order valence-electron chi connectivity index (χ3n) is 7.54. The molecule has 3 heterocycles. The van der Waals surface area contributed by atoms with Crippen molar-refractivity contribution in [1.82, 2.24) is 9.80 Å². The van der Waals surface area contributed by atoms with Gasteiger partial charge in [-0.2, -0.15) is 0 Å². The molecule has 3 saturated heterocycles. The first kappa shape index (κ1) is 26.1. The average molecular weight is 481 g/mol. The number of hydrogen-bond donors (Lipinski definition) is 1. The molecule has 33 heavy (non-hydrogen) atoms. The number of ether oxygens (including phenoxy) is 1. The number of nitrogens with zero attached hydrogens (tertiary/aromatic N) is 2. The van der Waals surface area contributed by atoms with E-state index in [-0.39, 0.29) is 42.2 Å². The van der Waals surface area contributed by atoms with Crippen LogP contribution in [0.1, 0.15) is 59.8 Å².